The highest BCUT2D eigenvalue weighted by molar-refractivity contribution is 6.00. The summed E-state index contributed by atoms with van der Waals surface area (Å²) in [5, 5.41) is 5.63. The van der Waals surface area contributed by atoms with E-state index in [1.54, 1.807) is 7.05 Å². The van der Waals surface area contributed by atoms with Gasteiger partial charge in [0.05, 0.1) is 0 Å². The molecule has 2 N–H and O–H groups in total. The Balaban J connectivity index is 1.94. The van der Waals surface area contributed by atoms with Crippen molar-refractivity contribution < 1.29 is 4.79 Å². The fourth-order valence-electron chi connectivity index (χ4n) is 2.81. The van der Waals surface area contributed by atoms with E-state index in [-0.39, 0.29) is 12.1 Å². The molecule has 2 rings (SSSR count). The molecule has 2 amide bonds. The van der Waals surface area contributed by atoms with Crippen LogP contribution in [0, 0.1) is 5.92 Å². The minimum atomic E-state index is -0.0797. The van der Waals surface area contributed by atoms with Gasteiger partial charge in [0.25, 0.3) is 0 Å². The van der Waals surface area contributed by atoms with E-state index in [0.29, 0.717) is 5.92 Å². The maximum Gasteiger partial charge on any atom is 0.314 e. The Morgan fingerprint density at radius 2 is 2.22 bits per heavy atom. The summed E-state index contributed by atoms with van der Waals surface area (Å²) in [7, 11) is 1.65. The zero-order valence-corrected chi connectivity index (χ0v) is 11.2. The van der Waals surface area contributed by atoms with Gasteiger partial charge >= 0.3 is 6.03 Å². The third-order valence-corrected chi connectivity index (χ3v) is 3.72. The van der Waals surface area contributed by atoms with Crippen molar-refractivity contribution in [1.29, 1.82) is 0 Å². The number of hydrogen-bond acceptors (Lipinski definition) is 3. The molecule has 2 atom stereocenters. The van der Waals surface area contributed by atoms with E-state index in [1.807, 2.05) is 6.92 Å². The molecule has 1 heterocycles. The number of aliphatic imine (C=N–C) groups is 2. The molecule has 0 aromatic rings. The van der Waals surface area contributed by atoms with Crippen molar-refractivity contribution in [3.05, 3.63) is 0 Å². The second-order valence-corrected chi connectivity index (χ2v) is 5.07. The zero-order chi connectivity index (χ0) is 13.0. The molecule has 18 heavy (non-hydrogen) atoms. The lowest BCUT2D eigenvalue weighted by Gasteiger charge is -2.31. The van der Waals surface area contributed by atoms with Crippen LogP contribution in [-0.4, -0.2) is 37.2 Å². The monoisotopic (exact) mass is 250 g/mol. The van der Waals surface area contributed by atoms with E-state index < -0.39 is 0 Å². The third-order valence-electron chi connectivity index (χ3n) is 3.72. The van der Waals surface area contributed by atoms with Gasteiger partial charge in [0.1, 0.15) is 5.84 Å². The molecule has 0 aromatic heterocycles. The maximum absolute atomic E-state index is 11.3. The second kappa shape index (κ2) is 5.98. The summed E-state index contributed by atoms with van der Waals surface area (Å²) in [6.45, 7) is 2.83. The SMILES string of the molecule is CNC(=O)NC1CCCC(C2=NC(C)=NCC2)C1. The molecule has 0 aromatic carbocycles. The largest absolute Gasteiger partial charge is 0.341 e. The molecule has 0 saturated heterocycles. The first-order chi connectivity index (χ1) is 8.69. The van der Waals surface area contributed by atoms with Gasteiger partial charge in [0, 0.05) is 31.8 Å². The lowest BCUT2D eigenvalue weighted by molar-refractivity contribution is 0.232. The van der Waals surface area contributed by atoms with Crippen molar-refractivity contribution in [2.24, 2.45) is 15.9 Å². The van der Waals surface area contributed by atoms with Crippen LogP contribution in [0.3, 0.4) is 0 Å². The number of urea groups is 1. The lowest BCUT2D eigenvalue weighted by Crippen LogP contribution is -2.44. The molecule has 1 aliphatic carbocycles. The standard InChI is InChI=1S/C13H22N4O/c1-9-15-7-6-12(16-9)10-4-3-5-11(8-10)17-13(18)14-2/h10-11H,3-8H2,1-2H3,(H2,14,17,18). The topological polar surface area (TPSA) is 65.8 Å². The van der Waals surface area contributed by atoms with Crippen molar-refractivity contribution in [2.75, 3.05) is 13.6 Å². The van der Waals surface area contributed by atoms with Gasteiger partial charge in [-0.3, -0.25) is 4.99 Å². The minimum absolute atomic E-state index is 0.0797. The molecule has 1 fully saturated rings. The predicted molar refractivity (Wildman–Crippen MR) is 73.4 cm³/mol. The van der Waals surface area contributed by atoms with Crippen LogP contribution in [0.15, 0.2) is 9.98 Å². The van der Waals surface area contributed by atoms with Crippen LogP contribution in [0.4, 0.5) is 4.79 Å². The Labute approximate surface area is 108 Å². The Kier molecular flexibility index (Phi) is 4.33. The van der Waals surface area contributed by atoms with Gasteiger partial charge in [-0.15, -0.1) is 0 Å². The molecule has 5 nitrogen and oxygen atoms in total. The number of nitrogens with zero attached hydrogens (tertiary/aromatic N) is 2. The van der Waals surface area contributed by atoms with Crippen LogP contribution in [0.5, 0.6) is 0 Å². The second-order valence-electron chi connectivity index (χ2n) is 5.07. The minimum Gasteiger partial charge on any atom is -0.341 e. The molecule has 0 spiro atoms. The van der Waals surface area contributed by atoms with Crippen molar-refractivity contribution in [3.63, 3.8) is 0 Å². The third kappa shape index (κ3) is 3.31. The summed E-state index contributed by atoms with van der Waals surface area (Å²) in [5.74, 6) is 1.42. The predicted octanol–water partition coefficient (Wildman–Crippen LogP) is 1.74. The Bertz CT molecular complexity index is 375. The van der Waals surface area contributed by atoms with Crippen LogP contribution in [0.25, 0.3) is 0 Å². The molecule has 2 aliphatic rings. The van der Waals surface area contributed by atoms with Crippen molar-refractivity contribution in [1.82, 2.24) is 10.6 Å². The summed E-state index contributed by atoms with van der Waals surface area (Å²) in [4.78, 5) is 20.2. The van der Waals surface area contributed by atoms with Gasteiger partial charge < -0.3 is 10.6 Å². The van der Waals surface area contributed by atoms with Crippen molar-refractivity contribution in [3.8, 4) is 0 Å². The van der Waals surface area contributed by atoms with E-state index >= 15 is 0 Å². The molecule has 1 saturated carbocycles. The number of amidine groups is 1. The smallest absolute Gasteiger partial charge is 0.314 e. The molecule has 0 radical (unpaired) electrons. The first-order valence-corrected chi connectivity index (χ1v) is 6.76. The van der Waals surface area contributed by atoms with Crippen LogP contribution < -0.4 is 10.6 Å². The number of nitrogens with one attached hydrogen (secondary N) is 2. The van der Waals surface area contributed by atoms with Gasteiger partial charge in [-0.25, -0.2) is 9.79 Å². The summed E-state index contributed by atoms with van der Waals surface area (Å²) in [5.41, 5.74) is 1.28. The van der Waals surface area contributed by atoms with E-state index in [9.17, 15) is 4.79 Å². The van der Waals surface area contributed by atoms with E-state index in [0.717, 1.165) is 38.1 Å². The normalized spacial score (nSPS) is 28.1. The first kappa shape index (κ1) is 13.1. The molecule has 0 bridgehead atoms. The van der Waals surface area contributed by atoms with Crippen LogP contribution >= 0.6 is 0 Å². The highest BCUT2D eigenvalue weighted by atomic mass is 16.2. The maximum atomic E-state index is 11.3. The van der Waals surface area contributed by atoms with Gasteiger partial charge in [-0.05, 0) is 32.1 Å². The van der Waals surface area contributed by atoms with Gasteiger partial charge in [-0.1, -0.05) is 6.42 Å². The fraction of sp³-hybridized carbons (Fsp3) is 0.769. The zero-order valence-electron chi connectivity index (χ0n) is 11.2. The number of amides is 2. The lowest BCUT2D eigenvalue weighted by atomic mass is 9.81. The molecule has 2 unspecified atom stereocenters. The number of hydrogen-bond donors (Lipinski definition) is 2. The fourth-order valence-corrected chi connectivity index (χ4v) is 2.81. The Morgan fingerprint density at radius 3 is 2.94 bits per heavy atom. The van der Waals surface area contributed by atoms with Crippen LogP contribution in [-0.2, 0) is 0 Å². The number of carbonyl (C=O) groups is 1. The number of rotatable bonds is 2. The average Bonchev–Trinajstić information content (AvgIpc) is 2.39. The summed E-state index contributed by atoms with van der Waals surface area (Å²) < 4.78 is 0. The molecular formula is C13H22N4O. The quantitative estimate of drug-likeness (QED) is 0.770. The molecule has 1 aliphatic heterocycles. The van der Waals surface area contributed by atoms with Crippen LogP contribution in [0.2, 0.25) is 0 Å². The Hall–Kier alpha value is -1.39. The van der Waals surface area contributed by atoms with E-state index in [1.165, 1.54) is 12.1 Å². The average molecular weight is 250 g/mol. The van der Waals surface area contributed by atoms with Crippen molar-refractivity contribution >= 4 is 17.6 Å². The number of carbonyl (C=O) groups excluding carboxylic acids is 1. The van der Waals surface area contributed by atoms with E-state index in [2.05, 4.69) is 20.6 Å². The van der Waals surface area contributed by atoms with E-state index in [4.69, 9.17) is 0 Å². The van der Waals surface area contributed by atoms with Gasteiger partial charge in [-0.2, -0.15) is 0 Å². The highest BCUT2D eigenvalue weighted by Gasteiger charge is 2.27. The van der Waals surface area contributed by atoms with Gasteiger partial charge in [0.2, 0.25) is 0 Å². The summed E-state index contributed by atoms with van der Waals surface area (Å²) >= 11 is 0. The Morgan fingerprint density at radius 1 is 1.39 bits per heavy atom. The highest BCUT2D eigenvalue weighted by Crippen LogP contribution is 2.27. The molecule has 5 heteroatoms. The molecular weight excluding hydrogens is 228 g/mol. The van der Waals surface area contributed by atoms with Crippen molar-refractivity contribution in [2.45, 2.75) is 45.1 Å². The molecule has 100 valence electrons. The first-order valence-electron chi connectivity index (χ1n) is 6.76. The van der Waals surface area contributed by atoms with Gasteiger partial charge in [0.15, 0.2) is 0 Å². The summed E-state index contributed by atoms with van der Waals surface area (Å²) in [6, 6.07) is 0.203. The van der Waals surface area contributed by atoms with Crippen LogP contribution in [0.1, 0.15) is 39.0 Å². The summed E-state index contributed by atoms with van der Waals surface area (Å²) in [6.07, 6.45) is 5.42.